The number of hydrogen-bond donors (Lipinski definition) is 1. The topological polar surface area (TPSA) is 37.3 Å². The summed E-state index contributed by atoms with van der Waals surface area (Å²) in [7, 11) is 0. The van der Waals surface area contributed by atoms with Crippen molar-refractivity contribution in [1.29, 1.82) is 0 Å². The van der Waals surface area contributed by atoms with E-state index in [-0.39, 0.29) is 0 Å². The van der Waals surface area contributed by atoms with E-state index in [9.17, 15) is 4.79 Å². The van der Waals surface area contributed by atoms with E-state index < -0.39 is 10.3 Å². The Labute approximate surface area is 62.4 Å². The number of carboxylic acids is 1. The van der Waals surface area contributed by atoms with Gasteiger partial charge in [-0.25, -0.2) is 0 Å². The summed E-state index contributed by atoms with van der Waals surface area (Å²) in [4.78, 5) is 10.5. The fraction of sp³-hybridized carbons (Fsp3) is 0.833. The zero-order chi connectivity index (χ0) is 6.91. The lowest BCUT2D eigenvalue weighted by Gasteiger charge is -2.13. The van der Waals surface area contributed by atoms with Gasteiger partial charge in [-0.15, -0.1) is 0 Å². The molecule has 0 saturated heterocycles. The maximum Gasteiger partial charge on any atom is 0.320 e. The van der Waals surface area contributed by atoms with Gasteiger partial charge in [0.05, 0.1) is 0 Å². The molecular formula is C6H9BrO2. The molecule has 0 atom stereocenters. The molecule has 0 aromatic heterocycles. The van der Waals surface area contributed by atoms with E-state index >= 15 is 0 Å². The van der Waals surface area contributed by atoms with Crippen LogP contribution in [0.3, 0.4) is 0 Å². The van der Waals surface area contributed by atoms with Gasteiger partial charge in [-0.3, -0.25) is 4.79 Å². The molecule has 0 aliphatic heterocycles. The van der Waals surface area contributed by atoms with Crippen LogP contribution in [-0.4, -0.2) is 15.4 Å². The molecular weight excluding hydrogens is 184 g/mol. The SMILES string of the molecule is O=C(O)C1(Br)CCCC1. The largest absolute Gasteiger partial charge is 0.480 e. The zero-order valence-corrected chi connectivity index (χ0v) is 6.65. The third-order valence-electron chi connectivity index (χ3n) is 1.78. The Hall–Kier alpha value is -0.0500. The van der Waals surface area contributed by atoms with Gasteiger partial charge in [0.1, 0.15) is 4.32 Å². The highest BCUT2D eigenvalue weighted by Gasteiger charge is 2.38. The maximum atomic E-state index is 10.5. The van der Waals surface area contributed by atoms with Crippen LogP contribution in [0.4, 0.5) is 0 Å². The van der Waals surface area contributed by atoms with Crippen LogP contribution in [0.1, 0.15) is 25.7 Å². The predicted octanol–water partition coefficient (Wildman–Crippen LogP) is 1.78. The van der Waals surface area contributed by atoms with Gasteiger partial charge in [-0.2, -0.15) is 0 Å². The molecule has 1 fully saturated rings. The van der Waals surface area contributed by atoms with Crippen LogP contribution in [0, 0.1) is 0 Å². The summed E-state index contributed by atoms with van der Waals surface area (Å²) in [5, 5.41) is 8.63. The van der Waals surface area contributed by atoms with E-state index in [2.05, 4.69) is 15.9 Å². The summed E-state index contributed by atoms with van der Waals surface area (Å²) >= 11 is 3.21. The fourth-order valence-electron chi connectivity index (χ4n) is 1.15. The Balaban J connectivity index is 2.61. The summed E-state index contributed by atoms with van der Waals surface area (Å²) in [6.07, 6.45) is 3.64. The molecule has 0 bridgehead atoms. The van der Waals surface area contributed by atoms with Gasteiger partial charge < -0.3 is 5.11 Å². The van der Waals surface area contributed by atoms with Crippen LogP contribution in [0.5, 0.6) is 0 Å². The second-order valence-electron chi connectivity index (χ2n) is 2.48. The molecule has 0 spiro atoms. The van der Waals surface area contributed by atoms with Gasteiger partial charge in [0.25, 0.3) is 0 Å². The molecule has 0 amide bonds. The van der Waals surface area contributed by atoms with Crippen molar-refractivity contribution in [2.45, 2.75) is 30.0 Å². The van der Waals surface area contributed by atoms with Crippen molar-refractivity contribution in [2.24, 2.45) is 0 Å². The van der Waals surface area contributed by atoms with Crippen molar-refractivity contribution < 1.29 is 9.90 Å². The molecule has 1 aliphatic carbocycles. The van der Waals surface area contributed by atoms with Crippen molar-refractivity contribution in [3.05, 3.63) is 0 Å². The number of aliphatic carboxylic acids is 1. The zero-order valence-electron chi connectivity index (χ0n) is 5.06. The number of halogens is 1. The number of alkyl halides is 1. The molecule has 3 heteroatoms. The first-order valence-corrected chi connectivity index (χ1v) is 3.87. The molecule has 1 rings (SSSR count). The van der Waals surface area contributed by atoms with Gasteiger partial charge in [0, 0.05) is 0 Å². The van der Waals surface area contributed by atoms with Crippen LogP contribution in [-0.2, 0) is 4.79 Å². The molecule has 0 aromatic carbocycles. The van der Waals surface area contributed by atoms with E-state index in [1.54, 1.807) is 0 Å². The highest BCUT2D eigenvalue weighted by molar-refractivity contribution is 9.10. The normalized spacial score (nSPS) is 24.1. The Morgan fingerprint density at radius 3 is 2.11 bits per heavy atom. The lowest BCUT2D eigenvalue weighted by atomic mass is 10.1. The third-order valence-corrected chi connectivity index (χ3v) is 2.91. The minimum Gasteiger partial charge on any atom is -0.480 e. The summed E-state index contributed by atoms with van der Waals surface area (Å²) in [6, 6.07) is 0. The number of hydrogen-bond acceptors (Lipinski definition) is 1. The monoisotopic (exact) mass is 192 g/mol. The van der Waals surface area contributed by atoms with Crippen molar-refractivity contribution in [2.75, 3.05) is 0 Å². The van der Waals surface area contributed by atoms with Crippen LogP contribution in [0.2, 0.25) is 0 Å². The molecule has 0 radical (unpaired) electrons. The molecule has 0 aromatic rings. The molecule has 1 aliphatic rings. The lowest BCUT2D eigenvalue weighted by Crippen LogP contribution is -2.27. The van der Waals surface area contributed by atoms with E-state index in [1.165, 1.54) is 0 Å². The molecule has 1 saturated carbocycles. The van der Waals surface area contributed by atoms with Crippen molar-refractivity contribution >= 4 is 21.9 Å². The molecule has 9 heavy (non-hydrogen) atoms. The molecule has 1 N–H and O–H groups in total. The Bertz CT molecular complexity index is 127. The average molecular weight is 193 g/mol. The highest BCUT2D eigenvalue weighted by atomic mass is 79.9. The van der Waals surface area contributed by atoms with Crippen molar-refractivity contribution in [3.63, 3.8) is 0 Å². The summed E-state index contributed by atoms with van der Waals surface area (Å²) in [6.45, 7) is 0. The Morgan fingerprint density at radius 1 is 1.44 bits per heavy atom. The first-order chi connectivity index (χ1) is 4.15. The van der Waals surface area contributed by atoms with Gasteiger partial charge >= 0.3 is 5.97 Å². The Morgan fingerprint density at radius 2 is 1.89 bits per heavy atom. The van der Waals surface area contributed by atoms with Gasteiger partial charge in [-0.1, -0.05) is 28.8 Å². The second-order valence-corrected chi connectivity index (χ2v) is 4.00. The van der Waals surface area contributed by atoms with Gasteiger partial charge in [0.15, 0.2) is 0 Å². The van der Waals surface area contributed by atoms with E-state index in [0.29, 0.717) is 0 Å². The molecule has 0 heterocycles. The summed E-state index contributed by atoms with van der Waals surface area (Å²) < 4.78 is -0.576. The standard InChI is InChI=1S/C6H9BrO2/c7-6(5(8)9)3-1-2-4-6/h1-4H2,(H,8,9). The highest BCUT2D eigenvalue weighted by Crippen LogP contribution is 2.37. The van der Waals surface area contributed by atoms with E-state index in [0.717, 1.165) is 25.7 Å². The van der Waals surface area contributed by atoms with E-state index in [4.69, 9.17) is 5.11 Å². The second kappa shape index (κ2) is 2.29. The van der Waals surface area contributed by atoms with Gasteiger partial charge in [0.2, 0.25) is 0 Å². The van der Waals surface area contributed by atoms with E-state index in [1.807, 2.05) is 0 Å². The third kappa shape index (κ3) is 1.26. The minimum atomic E-state index is -0.708. The van der Waals surface area contributed by atoms with Crippen LogP contribution in [0.25, 0.3) is 0 Å². The Kier molecular flexibility index (Phi) is 1.80. The lowest BCUT2D eigenvalue weighted by molar-refractivity contribution is -0.139. The number of carboxylic acid groups (broad SMARTS) is 1. The molecule has 52 valence electrons. The van der Waals surface area contributed by atoms with Crippen LogP contribution < -0.4 is 0 Å². The van der Waals surface area contributed by atoms with Crippen molar-refractivity contribution in [3.8, 4) is 0 Å². The summed E-state index contributed by atoms with van der Waals surface area (Å²) in [5.41, 5.74) is 0. The van der Waals surface area contributed by atoms with Gasteiger partial charge in [-0.05, 0) is 12.8 Å². The average Bonchev–Trinajstić information content (AvgIpc) is 2.16. The maximum absolute atomic E-state index is 10.5. The van der Waals surface area contributed by atoms with Crippen LogP contribution >= 0.6 is 15.9 Å². The van der Waals surface area contributed by atoms with Crippen molar-refractivity contribution in [1.82, 2.24) is 0 Å². The predicted molar refractivity (Wildman–Crippen MR) is 37.8 cm³/mol. The quantitative estimate of drug-likeness (QED) is 0.644. The smallest absolute Gasteiger partial charge is 0.320 e. The first kappa shape index (κ1) is 7.06. The van der Waals surface area contributed by atoms with Crippen LogP contribution in [0.15, 0.2) is 0 Å². The minimum absolute atomic E-state index is 0.576. The number of rotatable bonds is 1. The molecule has 2 nitrogen and oxygen atoms in total. The fourth-order valence-corrected chi connectivity index (χ4v) is 1.71. The summed E-state index contributed by atoms with van der Waals surface area (Å²) in [5.74, 6) is -0.708. The number of carbonyl (C=O) groups is 1. The molecule has 0 unspecified atom stereocenters. The first-order valence-electron chi connectivity index (χ1n) is 3.07.